The average molecular weight is 486 g/mol. The van der Waals surface area contributed by atoms with Crippen molar-refractivity contribution in [1.29, 1.82) is 0 Å². The minimum absolute atomic E-state index is 0.261. The molecule has 2 N–H and O–H groups in total. The van der Waals surface area contributed by atoms with Crippen LogP contribution >= 0.6 is 43.2 Å². The summed E-state index contributed by atoms with van der Waals surface area (Å²) in [5.74, 6) is -0.973. The minimum Gasteiger partial charge on any atom is -0.289 e. The predicted molar refractivity (Wildman–Crippen MR) is 101 cm³/mol. The lowest BCUT2D eigenvalue weighted by atomic mass is 10.2. The van der Waals surface area contributed by atoms with Gasteiger partial charge in [0.25, 0.3) is 17.4 Å². The SMILES string of the molecule is O=C(Cn1cnc2ccc(Br)cc2c1=O)NNC(=O)c1ccc(Br)s1. The lowest BCUT2D eigenvalue weighted by Gasteiger charge is -2.08. The van der Waals surface area contributed by atoms with Crippen molar-refractivity contribution in [3.05, 3.63) is 60.1 Å². The van der Waals surface area contributed by atoms with Crippen LogP contribution in [0.25, 0.3) is 10.9 Å². The maximum atomic E-state index is 12.4. The van der Waals surface area contributed by atoms with Crippen molar-refractivity contribution in [2.45, 2.75) is 6.54 Å². The number of carbonyl (C=O) groups excluding carboxylic acids is 2. The van der Waals surface area contributed by atoms with Crippen LogP contribution in [0.3, 0.4) is 0 Å². The van der Waals surface area contributed by atoms with Crippen molar-refractivity contribution in [2.75, 3.05) is 0 Å². The van der Waals surface area contributed by atoms with Gasteiger partial charge >= 0.3 is 0 Å². The van der Waals surface area contributed by atoms with Crippen molar-refractivity contribution in [3.63, 3.8) is 0 Å². The second kappa shape index (κ2) is 7.46. The maximum Gasteiger partial charge on any atom is 0.279 e. The van der Waals surface area contributed by atoms with Crippen LogP contribution < -0.4 is 16.4 Å². The van der Waals surface area contributed by atoms with Crippen LogP contribution in [0.4, 0.5) is 0 Å². The molecule has 0 unspecified atom stereocenters. The van der Waals surface area contributed by atoms with Crippen LogP contribution in [0, 0.1) is 0 Å². The molecule has 3 rings (SSSR count). The number of halogens is 2. The van der Waals surface area contributed by atoms with Gasteiger partial charge in [-0.2, -0.15) is 0 Å². The largest absolute Gasteiger partial charge is 0.289 e. The zero-order chi connectivity index (χ0) is 18.0. The Kier molecular flexibility index (Phi) is 5.30. The molecule has 0 radical (unpaired) electrons. The van der Waals surface area contributed by atoms with Crippen LogP contribution in [0.2, 0.25) is 0 Å². The smallest absolute Gasteiger partial charge is 0.279 e. The average Bonchev–Trinajstić information content (AvgIpc) is 3.02. The van der Waals surface area contributed by atoms with E-state index in [1.807, 2.05) is 0 Å². The summed E-state index contributed by atoms with van der Waals surface area (Å²) in [5.41, 5.74) is 4.79. The minimum atomic E-state index is -0.540. The number of benzene rings is 1. The normalized spacial score (nSPS) is 10.6. The molecule has 2 aromatic heterocycles. The number of nitrogens with zero attached hydrogens (tertiary/aromatic N) is 2. The summed E-state index contributed by atoms with van der Waals surface area (Å²) in [6.45, 7) is -0.261. The molecule has 0 aliphatic heterocycles. The van der Waals surface area contributed by atoms with Crippen LogP contribution in [0.1, 0.15) is 9.67 Å². The van der Waals surface area contributed by atoms with Gasteiger partial charge in [0.1, 0.15) is 6.54 Å². The lowest BCUT2D eigenvalue weighted by Crippen LogP contribution is -2.44. The highest BCUT2D eigenvalue weighted by Crippen LogP contribution is 2.21. The van der Waals surface area contributed by atoms with Crippen LogP contribution in [0.5, 0.6) is 0 Å². The fourth-order valence-corrected chi connectivity index (χ4v) is 3.70. The number of nitrogens with one attached hydrogen (secondary N) is 2. The van der Waals surface area contributed by atoms with E-state index in [1.165, 1.54) is 22.2 Å². The number of hydrogen-bond acceptors (Lipinski definition) is 5. The first-order chi connectivity index (χ1) is 11.9. The van der Waals surface area contributed by atoms with E-state index in [0.29, 0.717) is 15.8 Å². The third kappa shape index (κ3) is 4.14. The van der Waals surface area contributed by atoms with Crippen LogP contribution in [-0.4, -0.2) is 21.4 Å². The molecular formula is C15H10Br2N4O3S. The highest BCUT2D eigenvalue weighted by atomic mass is 79.9. The molecule has 25 heavy (non-hydrogen) atoms. The van der Waals surface area contributed by atoms with E-state index in [1.54, 1.807) is 30.3 Å². The Morgan fingerprint density at radius 2 is 1.96 bits per heavy atom. The highest BCUT2D eigenvalue weighted by Gasteiger charge is 2.11. The second-order valence-electron chi connectivity index (χ2n) is 4.95. The van der Waals surface area contributed by atoms with E-state index in [4.69, 9.17) is 0 Å². The highest BCUT2D eigenvalue weighted by molar-refractivity contribution is 9.11. The van der Waals surface area contributed by atoms with Crippen LogP contribution in [0.15, 0.2) is 49.7 Å². The fraction of sp³-hybridized carbons (Fsp3) is 0.0667. The molecule has 2 amide bonds. The fourth-order valence-electron chi connectivity index (χ4n) is 2.06. The third-order valence-corrected chi connectivity index (χ3v) is 5.33. The quantitative estimate of drug-likeness (QED) is 0.557. The van der Waals surface area contributed by atoms with Gasteiger partial charge in [-0.15, -0.1) is 11.3 Å². The first kappa shape index (κ1) is 17.8. The van der Waals surface area contributed by atoms with E-state index in [-0.39, 0.29) is 12.1 Å². The van der Waals surface area contributed by atoms with E-state index in [0.717, 1.165) is 8.26 Å². The topological polar surface area (TPSA) is 93.1 Å². The Morgan fingerprint density at radius 3 is 2.68 bits per heavy atom. The molecule has 2 heterocycles. The second-order valence-corrected chi connectivity index (χ2v) is 8.32. The number of aromatic nitrogens is 2. The van der Waals surface area contributed by atoms with Gasteiger partial charge in [0.05, 0.1) is 25.9 Å². The number of amides is 2. The van der Waals surface area contributed by atoms with Gasteiger partial charge in [-0.25, -0.2) is 4.98 Å². The lowest BCUT2D eigenvalue weighted by molar-refractivity contribution is -0.122. The first-order valence-electron chi connectivity index (χ1n) is 6.93. The van der Waals surface area contributed by atoms with Crippen molar-refractivity contribution in [3.8, 4) is 0 Å². The van der Waals surface area contributed by atoms with Gasteiger partial charge in [0.15, 0.2) is 0 Å². The molecule has 7 nitrogen and oxygen atoms in total. The molecule has 0 saturated heterocycles. The summed E-state index contributed by atoms with van der Waals surface area (Å²) < 4.78 is 2.73. The zero-order valence-electron chi connectivity index (χ0n) is 12.5. The van der Waals surface area contributed by atoms with E-state index in [2.05, 4.69) is 47.7 Å². The molecule has 128 valence electrons. The van der Waals surface area contributed by atoms with Gasteiger partial charge in [0.2, 0.25) is 0 Å². The van der Waals surface area contributed by atoms with Gasteiger partial charge in [-0.1, -0.05) is 15.9 Å². The Labute approximate surface area is 162 Å². The van der Waals surface area contributed by atoms with Gasteiger partial charge in [-0.3, -0.25) is 29.8 Å². The standard InChI is InChI=1S/C15H10Br2N4O3S/c16-8-1-2-10-9(5-8)15(24)21(7-18-10)6-13(22)19-20-14(23)11-3-4-12(17)25-11/h1-5,7H,6H2,(H,19,22)(H,20,23). The monoisotopic (exact) mass is 484 g/mol. The van der Waals surface area contributed by atoms with Crippen LogP contribution in [-0.2, 0) is 11.3 Å². The molecule has 3 aromatic rings. The van der Waals surface area contributed by atoms with Crippen molar-refractivity contribution >= 4 is 65.9 Å². The summed E-state index contributed by atoms with van der Waals surface area (Å²) >= 11 is 7.80. The molecule has 10 heteroatoms. The number of thiophene rings is 1. The molecule has 0 spiro atoms. The Morgan fingerprint density at radius 1 is 1.16 bits per heavy atom. The van der Waals surface area contributed by atoms with E-state index < -0.39 is 11.8 Å². The summed E-state index contributed by atoms with van der Waals surface area (Å²) in [6, 6.07) is 8.51. The first-order valence-corrected chi connectivity index (χ1v) is 9.33. The number of carbonyl (C=O) groups is 2. The Balaban J connectivity index is 1.69. The number of hydrazine groups is 1. The molecule has 0 atom stereocenters. The Bertz CT molecular complexity index is 1030. The van der Waals surface area contributed by atoms with Crippen molar-refractivity contribution in [1.82, 2.24) is 20.4 Å². The van der Waals surface area contributed by atoms with E-state index in [9.17, 15) is 14.4 Å². The molecule has 1 aromatic carbocycles. The summed E-state index contributed by atoms with van der Waals surface area (Å²) in [6.07, 6.45) is 1.30. The molecule has 0 fully saturated rings. The molecular weight excluding hydrogens is 476 g/mol. The number of hydrogen-bond donors (Lipinski definition) is 2. The van der Waals surface area contributed by atoms with Gasteiger partial charge < -0.3 is 0 Å². The van der Waals surface area contributed by atoms with Crippen molar-refractivity contribution in [2.24, 2.45) is 0 Å². The van der Waals surface area contributed by atoms with E-state index >= 15 is 0 Å². The molecule has 0 bridgehead atoms. The van der Waals surface area contributed by atoms with Gasteiger partial charge in [0, 0.05) is 4.47 Å². The van der Waals surface area contributed by atoms with Gasteiger partial charge in [-0.05, 0) is 46.3 Å². The molecule has 0 saturated carbocycles. The maximum absolute atomic E-state index is 12.4. The number of fused-ring (bicyclic) bond motifs is 1. The summed E-state index contributed by atoms with van der Waals surface area (Å²) in [5, 5.41) is 0.400. The zero-order valence-corrected chi connectivity index (χ0v) is 16.4. The molecule has 0 aliphatic rings. The predicted octanol–water partition coefficient (Wildman–Crippen LogP) is 2.44. The summed E-state index contributed by atoms with van der Waals surface area (Å²) in [7, 11) is 0. The van der Waals surface area contributed by atoms with Crippen molar-refractivity contribution < 1.29 is 9.59 Å². The Hall–Kier alpha value is -2.04. The third-order valence-electron chi connectivity index (χ3n) is 3.21. The summed E-state index contributed by atoms with van der Waals surface area (Å²) in [4.78, 5) is 40.9. The number of rotatable bonds is 3. The molecule has 0 aliphatic carbocycles.